The average molecular weight is 1210 g/mol. The van der Waals surface area contributed by atoms with E-state index in [-0.39, 0.29) is 11.1 Å². The fourth-order valence-corrected chi connectivity index (χ4v) is 16.5. The van der Waals surface area contributed by atoms with Crippen molar-refractivity contribution < 1.29 is 0 Å². The molecular formula is C88H68N6. The third kappa shape index (κ3) is 8.69. The van der Waals surface area contributed by atoms with Gasteiger partial charge in [0, 0.05) is 66.3 Å². The molecule has 0 spiro atoms. The molecule has 450 valence electrons. The Kier molecular flexibility index (Phi) is 12.8. The monoisotopic (exact) mass is 1210 g/mol. The van der Waals surface area contributed by atoms with Gasteiger partial charge in [-0.25, -0.2) is 9.97 Å². The summed E-state index contributed by atoms with van der Waals surface area (Å²) >= 11 is 0. The van der Waals surface area contributed by atoms with E-state index in [4.69, 9.17) is 9.97 Å². The van der Waals surface area contributed by atoms with Crippen LogP contribution in [0.3, 0.4) is 0 Å². The van der Waals surface area contributed by atoms with Crippen molar-refractivity contribution in [3.63, 3.8) is 0 Å². The van der Waals surface area contributed by atoms with Gasteiger partial charge in [0.25, 0.3) is 0 Å². The number of hydrogen-bond donors (Lipinski definition) is 0. The Balaban J connectivity index is 0.000000136. The molecule has 2 atom stereocenters. The van der Waals surface area contributed by atoms with Gasteiger partial charge in [0.05, 0.1) is 44.4 Å². The third-order valence-corrected chi connectivity index (χ3v) is 20.5. The predicted octanol–water partition coefficient (Wildman–Crippen LogP) is 22.4. The van der Waals surface area contributed by atoms with Gasteiger partial charge in [0.2, 0.25) is 5.95 Å². The molecule has 2 unspecified atom stereocenters. The zero-order chi connectivity index (χ0) is 62.8. The second-order valence-electron chi connectivity index (χ2n) is 26.3. The summed E-state index contributed by atoms with van der Waals surface area (Å²) in [6, 6.07) is 106. The molecule has 0 aliphatic carbocycles. The smallest absolute Gasteiger partial charge is 0.235 e. The molecule has 0 saturated carbocycles. The first-order chi connectivity index (χ1) is 46.3. The summed E-state index contributed by atoms with van der Waals surface area (Å²) in [5.74, 6) is 0.679. The fourth-order valence-electron chi connectivity index (χ4n) is 16.5. The Morgan fingerprint density at radius 2 is 0.702 bits per heavy atom. The molecule has 0 radical (unpaired) electrons. The molecular weight excluding hydrogens is 1140 g/mol. The quantitative estimate of drug-likeness (QED) is 0.156. The van der Waals surface area contributed by atoms with E-state index in [1.807, 2.05) is 13.8 Å². The normalized spacial score (nSPS) is 16.4. The van der Waals surface area contributed by atoms with E-state index in [1.54, 1.807) is 0 Å². The zero-order valence-corrected chi connectivity index (χ0v) is 53.2. The summed E-state index contributed by atoms with van der Waals surface area (Å²) in [6.07, 6.45) is 4.30. The molecule has 7 heterocycles. The molecule has 0 fully saturated rings. The van der Waals surface area contributed by atoms with Gasteiger partial charge in [-0.05, 0) is 198 Å². The SMILES string of the molecule is CC.CC12Cc3ccccc3N1c1ccc(-c3ccc4c(c3)c3cc(-c5ccccc5)ccc3n4-c3ccccc3)cc1C2.CC12Cc3ccccc3N1c1ccc(-c3ccc4c(c3)c3ccccc3n4-c3nc(-c4ccccc4)c4ccc5ccccc5c4n3)cc1C2. The molecule has 6 nitrogen and oxygen atoms in total. The van der Waals surface area contributed by atoms with Crippen LogP contribution < -0.4 is 9.80 Å². The van der Waals surface area contributed by atoms with Crippen molar-refractivity contribution in [1.29, 1.82) is 0 Å². The van der Waals surface area contributed by atoms with Gasteiger partial charge in [-0.3, -0.25) is 4.57 Å². The van der Waals surface area contributed by atoms with Crippen LogP contribution in [0.25, 0.3) is 122 Å². The van der Waals surface area contributed by atoms with Crippen molar-refractivity contribution in [2.75, 3.05) is 9.80 Å². The van der Waals surface area contributed by atoms with E-state index >= 15 is 0 Å². The summed E-state index contributed by atoms with van der Waals surface area (Å²) < 4.78 is 4.65. The summed E-state index contributed by atoms with van der Waals surface area (Å²) in [5.41, 5.74) is 27.7. The summed E-state index contributed by atoms with van der Waals surface area (Å²) in [5, 5.41) is 8.30. The van der Waals surface area contributed by atoms with E-state index in [9.17, 15) is 0 Å². The Morgan fingerprint density at radius 3 is 1.29 bits per heavy atom. The van der Waals surface area contributed by atoms with Crippen LogP contribution >= 0.6 is 0 Å². The van der Waals surface area contributed by atoms with Crippen molar-refractivity contribution in [3.8, 4) is 56.3 Å². The fraction of sp³-hybridized carbons (Fsp3) is 0.114. The largest absolute Gasteiger partial charge is 0.334 e. The minimum absolute atomic E-state index is 0.0891. The van der Waals surface area contributed by atoms with Gasteiger partial charge in [-0.1, -0.05) is 208 Å². The van der Waals surface area contributed by atoms with Crippen LogP contribution in [0.15, 0.2) is 291 Å². The highest BCUT2D eigenvalue weighted by atomic mass is 15.3. The number of hydrogen-bond acceptors (Lipinski definition) is 4. The first kappa shape index (κ1) is 55.5. The van der Waals surface area contributed by atoms with E-state index in [0.29, 0.717) is 5.95 Å². The lowest BCUT2D eigenvalue weighted by molar-refractivity contribution is 0.507. The van der Waals surface area contributed by atoms with E-state index < -0.39 is 0 Å². The zero-order valence-electron chi connectivity index (χ0n) is 53.2. The van der Waals surface area contributed by atoms with E-state index in [1.165, 1.54) is 122 Å². The Morgan fingerprint density at radius 1 is 0.287 bits per heavy atom. The Hall–Kier alpha value is -11.3. The second-order valence-corrected chi connectivity index (χ2v) is 26.3. The van der Waals surface area contributed by atoms with Crippen LogP contribution in [0.1, 0.15) is 49.9 Å². The van der Waals surface area contributed by atoms with Crippen LogP contribution in [-0.4, -0.2) is 30.2 Å². The molecule has 4 aliphatic rings. The number of fused-ring (bicyclic) bond motifs is 19. The number of benzene rings is 13. The predicted molar refractivity (Wildman–Crippen MR) is 394 cm³/mol. The van der Waals surface area contributed by atoms with Crippen molar-refractivity contribution in [2.24, 2.45) is 0 Å². The van der Waals surface area contributed by atoms with Gasteiger partial charge in [-0.2, -0.15) is 0 Å². The lowest BCUT2D eigenvalue weighted by Gasteiger charge is -2.30. The third-order valence-electron chi connectivity index (χ3n) is 20.5. The molecule has 4 aliphatic heterocycles. The molecule has 0 amide bonds. The van der Waals surface area contributed by atoms with Crippen LogP contribution in [-0.2, 0) is 25.7 Å². The highest BCUT2D eigenvalue weighted by molar-refractivity contribution is 6.14. The summed E-state index contributed by atoms with van der Waals surface area (Å²) in [7, 11) is 0. The van der Waals surface area contributed by atoms with Gasteiger partial charge in [0.15, 0.2) is 0 Å². The lowest BCUT2D eigenvalue weighted by atomic mass is 9.91. The standard InChI is InChI=1S/C46H32N4.C40H30N2.C2H6/c1-46-27-33-14-6-9-17-39(33)50(46)40-23-20-31(25-34(40)28-46)32-21-24-42-38(26-32)36-16-8-10-18-41(36)49(42)45-47-43(30-12-3-2-4-13-30)37-22-19-29-11-5-7-15-35(29)44(37)48-45;1-40-25-31-12-8-9-15-36(31)42(40)37-19-16-28(22-32(37)26-40)30-18-21-39-35(24-30)34-23-29(27-10-4-2-5-11-27)17-20-38(34)41(39)33-13-6-3-7-14-33;1-2/h2-26H,27-28H2,1H3;2-24H,25-26H2,1H3;1-2H3. The number of para-hydroxylation sites is 4. The minimum atomic E-state index is 0.0891. The Labute approximate surface area is 547 Å². The van der Waals surface area contributed by atoms with Crippen LogP contribution in [0.2, 0.25) is 0 Å². The van der Waals surface area contributed by atoms with Gasteiger partial charge in [-0.15, -0.1) is 0 Å². The topological polar surface area (TPSA) is 42.1 Å². The van der Waals surface area contributed by atoms with Gasteiger partial charge < -0.3 is 14.4 Å². The highest BCUT2D eigenvalue weighted by Crippen LogP contribution is 2.54. The van der Waals surface area contributed by atoms with Crippen LogP contribution in [0.4, 0.5) is 22.7 Å². The van der Waals surface area contributed by atoms with Crippen molar-refractivity contribution in [1.82, 2.24) is 19.1 Å². The Bertz CT molecular complexity index is 5710. The molecule has 20 rings (SSSR count). The molecule has 3 aromatic heterocycles. The molecule has 0 bridgehead atoms. The van der Waals surface area contributed by atoms with Crippen molar-refractivity contribution in [3.05, 3.63) is 313 Å². The molecule has 0 saturated heterocycles. The first-order valence-corrected chi connectivity index (χ1v) is 33.3. The van der Waals surface area contributed by atoms with E-state index in [2.05, 4.69) is 324 Å². The average Bonchev–Trinajstić information content (AvgIpc) is 1.55. The minimum Gasteiger partial charge on any atom is -0.334 e. The molecule has 94 heavy (non-hydrogen) atoms. The number of aromatic nitrogens is 4. The number of rotatable bonds is 6. The first-order valence-electron chi connectivity index (χ1n) is 33.3. The number of nitrogens with zero attached hydrogens (tertiary/aromatic N) is 6. The lowest BCUT2D eigenvalue weighted by Crippen LogP contribution is -2.37. The second kappa shape index (κ2) is 21.6. The molecule has 16 aromatic rings. The maximum Gasteiger partial charge on any atom is 0.235 e. The summed E-state index contributed by atoms with van der Waals surface area (Å²) in [6.45, 7) is 8.83. The van der Waals surface area contributed by atoms with Gasteiger partial charge >= 0.3 is 0 Å². The van der Waals surface area contributed by atoms with Crippen molar-refractivity contribution in [2.45, 2.75) is 64.5 Å². The van der Waals surface area contributed by atoms with Crippen LogP contribution in [0.5, 0.6) is 0 Å². The number of anilines is 4. The molecule has 13 aromatic carbocycles. The van der Waals surface area contributed by atoms with Crippen molar-refractivity contribution >= 4 is 88.0 Å². The maximum atomic E-state index is 5.35. The van der Waals surface area contributed by atoms with E-state index in [0.717, 1.165) is 64.3 Å². The molecule has 6 heteroatoms. The molecule has 0 N–H and O–H groups in total. The maximum absolute atomic E-state index is 5.35. The van der Waals surface area contributed by atoms with Gasteiger partial charge in [0.1, 0.15) is 0 Å². The highest BCUT2D eigenvalue weighted by Gasteiger charge is 2.47. The van der Waals surface area contributed by atoms with Crippen LogP contribution in [0, 0.1) is 0 Å². The summed E-state index contributed by atoms with van der Waals surface area (Å²) in [4.78, 5) is 15.9.